The van der Waals surface area contributed by atoms with Crippen molar-refractivity contribution in [3.63, 3.8) is 0 Å². The van der Waals surface area contributed by atoms with Crippen molar-refractivity contribution in [1.82, 2.24) is 5.32 Å². The molecule has 5 rings (SSSR count). The molecule has 0 saturated carbocycles. The van der Waals surface area contributed by atoms with Crippen molar-refractivity contribution in [2.24, 2.45) is 0 Å². The van der Waals surface area contributed by atoms with Gasteiger partial charge in [0.05, 0.1) is 23.2 Å². The van der Waals surface area contributed by atoms with E-state index in [1.165, 1.54) is 12.1 Å². The van der Waals surface area contributed by atoms with Crippen molar-refractivity contribution in [1.29, 1.82) is 0 Å². The van der Waals surface area contributed by atoms with E-state index in [9.17, 15) is 24.8 Å². The molecule has 1 saturated heterocycles. The number of nitro benzene ring substituents is 1. The summed E-state index contributed by atoms with van der Waals surface area (Å²) in [6.07, 6.45) is 2.27. The highest BCUT2D eigenvalue weighted by Gasteiger charge is 2.43. The summed E-state index contributed by atoms with van der Waals surface area (Å²) in [5.41, 5.74) is 1.47. The fourth-order valence-electron chi connectivity index (χ4n) is 5.58. The van der Waals surface area contributed by atoms with Crippen molar-refractivity contribution in [2.75, 3.05) is 19.8 Å². The SMILES string of the molecule is CCOc1cc([C@@H]2C(C(=O)OC[C@H]3CCCO3)=C(C)NC3=C2C(=O)C[C@H](c2cccs2)C3)cc([N+](=O)[O-])c1O. The van der Waals surface area contributed by atoms with Gasteiger partial charge in [0.25, 0.3) is 0 Å². The molecule has 206 valence electrons. The highest BCUT2D eigenvalue weighted by molar-refractivity contribution is 7.10. The Hall–Kier alpha value is -3.70. The van der Waals surface area contributed by atoms with Gasteiger partial charge in [-0.05, 0) is 56.2 Å². The molecule has 11 heteroatoms. The third kappa shape index (κ3) is 5.28. The Morgan fingerprint density at radius 3 is 2.82 bits per heavy atom. The quantitative estimate of drug-likeness (QED) is 0.267. The zero-order valence-electron chi connectivity index (χ0n) is 21.7. The van der Waals surface area contributed by atoms with Gasteiger partial charge in [0.2, 0.25) is 5.75 Å². The minimum absolute atomic E-state index is 0.0154. The number of dihydropyridines is 1. The van der Waals surface area contributed by atoms with E-state index in [2.05, 4.69) is 5.32 Å². The largest absolute Gasteiger partial charge is 0.500 e. The van der Waals surface area contributed by atoms with Gasteiger partial charge in [-0.25, -0.2) is 4.79 Å². The van der Waals surface area contributed by atoms with Gasteiger partial charge < -0.3 is 24.6 Å². The normalized spacial score (nSPS) is 22.9. The number of nitrogens with zero attached hydrogens (tertiary/aromatic N) is 1. The van der Waals surface area contributed by atoms with Crippen LogP contribution in [-0.4, -0.2) is 47.7 Å². The number of rotatable bonds is 8. The van der Waals surface area contributed by atoms with Gasteiger partial charge in [-0.3, -0.25) is 14.9 Å². The molecule has 2 aliphatic heterocycles. The van der Waals surface area contributed by atoms with Crippen LogP contribution in [0, 0.1) is 10.1 Å². The van der Waals surface area contributed by atoms with Crippen LogP contribution in [0.1, 0.15) is 61.8 Å². The number of benzene rings is 1. The molecule has 2 N–H and O–H groups in total. The molecule has 0 spiro atoms. The van der Waals surface area contributed by atoms with Gasteiger partial charge >= 0.3 is 11.7 Å². The van der Waals surface area contributed by atoms with Crippen LogP contribution in [0.2, 0.25) is 0 Å². The zero-order valence-corrected chi connectivity index (χ0v) is 22.5. The van der Waals surface area contributed by atoms with E-state index < -0.39 is 28.2 Å². The minimum Gasteiger partial charge on any atom is -0.500 e. The molecule has 0 bridgehead atoms. The molecule has 3 heterocycles. The van der Waals surface area contributed by atoms with Gasteiger partial charge in [-0.15, -0.1) is 11.3 Å². The lowest BCUT2D eigenvalue weighted by Crippen LogP contribution is -2.36. The molecule has 3 aliphatic rings. The molecule has 3 atom stereocenters. The van der Waals surface area contributed by atoms with E-state index in [-0.39, 0.29) is 48.8 Å². The van der Waals surface area contributed by atoms with Crippen LogP contribution in [-0.2, 0) is 19.1 Å². The van der Waals surface area contributed by atoms with E-state index >= 15 is 0 Å². The summed E-state index contributed by atoms with van der Waals surface area (Å²) in [5, 5.41) is 27.6. The molecule has 1 aromatic heterocycles. The molecule has 0 unspecified atom stereocenters. The van der Waals surface area contributed by atoms with E-state index in [4.69, 9.17) is 14.2 Å². The first-order valence-electron chi connectivity index (χ1n) is 13.0. The van der Waals surface area contributed by atoms with E-state index in [0.29, 0.717) is 35.6 Å². The first-order valence-corrected chi connectivity index (χ1v) is 13.9. The molecule has 2 aromatic rings. The number of phenolic OH excluding ortho intramolecular Hbond substituents is 1. The Morgan fingerprint density at radius 2 is 2.15 bits per heavy atom. The molecule has 1 fully saturated rings. The Labute approximate surface area is 229 Å². The number of ether oxygens (including phenoxy) is 3. The minimum atomic E-state index is -0.937. The molecular weight excluding hydrogens is 524 g/mol. The van der Waals surface area contributed by atoms with E-state index in [1.54, 1.807) is 25.2 Å². The lowest BCUT2D eigenvalue weighted by Gasteiger charge is -2.36. The summed E-state index contributed by atoms with van der Waals surface area (Å²) < 4.78 is 16.7. The summed E-state index contributed by atoms with van der Waals surface area (Å²) in [5.74, 6) is -2.44. The van der Waals surface area contributed by atoms with Crippen LogP contribution < -0.4 is 10.1 Å². The predicted molar refractivity (Wildman–Crippen MR) is 143 cm³/mol. The number of aromatic hydroxyl groups is 1. The lowest BCUT2D eigenvalue weighted by molar-refractivity contribution is -0.386. The first kappa shape index (κ1) is 26.9. The number of ketones is 1. The number of allylic oxidation sites excluding steroid dienone is 3. The van der Waals surface area contributed by atoms with Gasteiger partial charge in [-0.1, -0.05) is 6.07 Å². The number of hydrogen-bond acceptors (Lipinski definition) is 10. The summed E-state index contributed by atoms with van der Waals surface area (Å²) in [7, 11) is 0. The van der Waals surface area contributed by atoms with Crippen molar-refractivity contribution >= 4 is 28.8 Å². The fourth-order valence-corrected chi connectivity index (χ4v) is 6.41. The van der Waals surface area contributed by atoms with Gasteiger partial charge in [0.1, 0.15) is 6.61 Å². The van der Waals surface area contributed by atoms with Crippen LogP contribution in [0.5, 0.6) is 11.5 Å². The molecular formula is C28H30N2O8S. The van der Waals surface area contributed by atoms with Gasteiger partial charge in [-0.2, -0.15) is 0 Å². The fraction of sp³-hybridized carbons (Fsp3) is 0.429. The molecule has 39 heavy (non-hydrogen) atoms. The number of esters is 1. The van der Waals surface area contributed by atoms with Gasteiger partial charge in [0, 0.05) is 52.8 Å². The lowest BCUT2D eigenvalue weighted by atomic mass is 9.72. The maximum absolute atomic E-state index is 13.8. The Bertz CT molecular complexity index is 1360. The van der Waals surface area contributed by atoms with Crippen LogP contribution in [0.4, 0.5) is 5.69 Å². The monoisotopic (exact) mass is 554 g/mol. The molecule has 1 aliphatic carbocycles. The number of hydrogen-bond donors (Lipinski definition) is 2. The van der Waals surface area contributed by atoms with Crippen molar-refractivity contribution < 1.29 is 33.8 Å². The van der Waals surface area contributed by atoms with Crippen molar-refractivity contribution in [2.45, 2.75) is 57.5 Å². The van der Waals surface area contributed by atoms with Crippen LogP contribution in [0.25, 0.3) is 0 Å². The van der Waals surface area contributed by atoms with Crippen LogP contribution >= 0.6 is 11.3 Å². The Balaban J connectivity index is 1.60. The zero-order chi connectivity index (χ0) is 27.7. The second-order valence-corrected chi connectivity index (χ2v) is 10.8. The smallest absolute Gasteiger partial charge is 0.336 e. The Morgan fingerprint density at radius 1 is 1.33 bits per heavy atom. The van der Waals surface area contributed by atoms with E-state index in [0.717, 1.165) is 17.7 Å². The molecule has 10 nitrogen and oxygen atoms in total. The van der Waals surface area contributed by atoms with Crippen LogP contribution in [0.15, 0.2) is 52.2 Å². The number of nitro groups is 1. The van der Waals surface area contributed by atoms with E-state index in [1.807, 2.05) is 17.5 Å². The highest BCUT2D eigenvalue weighted by atomic mass is 32.1. The third-order valence-corrected chi connectivity index (χ3v) is 8.36. The van der Waals surface area contributed by atoms with Crippen LogP contribution in [0.3, 0.4) is 0 Å². The maximum atomic E-state index is 13.8. The topological polar surface area (TPSA) is 137 Å². The highest BCUT2D eigenvalue weighted by Crippen LogP contribution is 2.49. The first-order chi connectivity index (χ1) is 18.8. The third-order valence-electron chi connectivity index (χ3n) is 7.32. The summed E-state index contributed by atoms with van der Waals surface area (Å²) in [4.78, 5) is 39.5. The number of Topliss-reactive ketones (excluding diaryl/α,β-unsaturated/α-hetero) is 1. The number of phenols is 1. The molecule has 1 aromatic carbocycles. The standard InChI is InChI=1S/C28H30N2O8S/c1-3-36-22-13-17(11-20(27(22)32)30(34)35)25-24(28(33)38-14-18-6-4-8-37-18)15(2)29-19-10-16(12-21(31)26(19)25)23-7-5-9-39-23/h5,7,9,11,13,16,18,25,29,32H,3-4,6,8,10,12,14H2,1-2H3/t16-,18-,25-/m1/s1. The average molecular weight is 555 g/mol. The second kappa shape index (κ2) is 11.2. The van der Waals surface area contributed by atoms with Crippen molar-refractivity contribution in [3.05, 3.63) is 72.7 Å². The number of carbonyl (C=O) groups excluding carboxylic acids is 2. The summed E-state index contributed by atoms with van der Waals surface area (Å²) in [6.45, 7) is 4.26. The summed E-state index contributed by atoms with van der Waals surface area (Å²) >= 11 is 1.59. The maximum Gasteiger partial charge on any atom is 0.336 e. The Kier molecular flexibility index (Phi) is 7.72. The molecule has 0 amide bonds. The molecule has 0 radical (unpaired) electrons. The van der Waals surface area contributed by atoms with Gasteiger partial charge in [0.15, 0.2) is 11.5 Å². The predicted octanol–water partition coefficient (Wildman–Crippen LogP) is 4.84. The number of carbonyl (C=O) groups is 2. The average Bonchev–Trinajstić information content (AvgIpc) is 3.62. The number of nitrogens with one attached hydrogen (secondary N) is 1. The second-order valence-electron chi connectivity index (χ2n) is 9.84. The number of thiophene rings is 1. The summed E-state index contributed by atoms with van der Waals surface area (Å²) in [6, 6.07) is 6.62. The van der Waals surface area contributed by atoms with Crippen molar-refractivity contribution in [3.8, 4) is 11.5 Å².